The molecule has 2 aromatic carbocycles. The third kappa shape index (κ3) is 3.47. The van der Waals surface area contributed by atoms with Gasteiger partial charge in [-0.2, -0.15) is 0 Å². The van der Waals surface area contributed by atoms with Crippen LogP contribution in [0.5, 0.6) is 0 Å². The van der Waals surface area contributed by atoms with Gasteiger partial charge in [0.05, 0.1) is 5.38 Å². The van der Waals surface area contributed by atoms with Crippen molar-refractivity contribution < 1.29 is 4.39 Å². The predicted octanol–water partition coefficient (Wildman–Crippen LogP) is 5.31. The van der Waals surface area contributed by atoms with E-state index in [1.807, 2.05) is 25.1 Å². The van der Waals surface area contributed by atoms with E-state index in [1.165, 1.54) is 12.1 Å². The zero-order valence-corrected chi connectivity index (χ0v) is 11.5. The van der Waals surface area contributed by atoms with Crippen molar-refractivity contribution in [2.45, 2.75) is 18.7 Å². The minimum Gasteiger partial charge on any atom is -0.207 e. The van der Waals surface area contributed by atoms with Gasteiger partial charge in [-0.3, -0.25) is 0 Å². The minimum absolute atomic E-state index is 0.159. The lowest BCUT2D eigenvalue weighted by Crippen LogP contribution is -1.96. The molecule has 3 heteroatoms. The Morgan fingerprint density at radius 1 is 1.11 bits per heavy atom. The zero-order chi connectivity index (χ0) is 13.1. The van der Waals surface area contributed by atoms with Crippen LogP contribution in [0.2, 0.25) is 5.02 Å². The lowest BCUT2D eigenvalue weighted by atomic mass is 10.0. The molecule has 1 unspecified atom stereocenters. The first-order valence-corrected chi connectivity index (χ1v) is 6.51. The van der Waals surface area contributed by atoms with Crippen LogP contribution < -0.4 is 0 Å². The number of hydrogen-bond acceptors (Lipinski definition) is 0. The summed E-state index contributed by atoms with van der Waals surface area (Å²) in [6.07, 6.45) is 0.654. The largest absolute Gasteiger partial charge is 0.207 e. The first-order valence-electron chi connectivity index (χ1n) is 5.70. The molecule has 0 amide bonds. The molecule has 0 spiro atoms. The second kappa shape index (κ2) is 5.73. The number of benzene rings is 2. The lowest BCUT2D eigenvalue weighted by molar-refractivity contribution is 0.627. The molecule has 0 nitrogen and oxygen atoms in total. The molecule has 0 aliphatic heterocycles. The van der Waals surface area contributed by atoms with E-state index in [0.717, 1.165) is 16.7 Å². The molecule has 0 radical (unpaired) electrons. The van der Waals surface area contributed by atoms with Gasteiger partial charge in [-0.25, -0.2) is 4.39 Å². The van der Waals surface area contributed by atoms with E-state index < -0.39 is 0 Å². The van der Waals surface area contributed by atoms with Crippen molar-refractivity contribution in [1.82, 2.24) is 0 Å². The van der Waals surface area contributed by atoms with Crippen molar-refractivity contribution in [3.63, 3.8) is 0 Å². The third-order valence-electron chi connectivity index (χ3n) is 2.75. The quantitative estimate of drug-likeness (QED) is 0.669. The molecule has 0 fully saturated rings. The van der Waals surface area contributed by atoms with E-state index in [4.69, 9.17) is 23.2 Å². The highest BCUT2D eigenvalue weighted by molar-refractivity contribution is 6.30. The molecule has 0 bridgehead atoms. The number of rotatable bonds is 3. The summed E-state index contributed by atoms with van der Waals surface area (Å²) in [5.74, 6) is -0.233. The van der Waals surface area contributed by atoms with Crippen LogP contribution in [-0.2, 0) is 6.42 Å². The van der Waals surface area contributed by atoms with E-state index in [9.17, 15) is 4.39 Å². The first-order chi connectivity index (χ1) is 8.54. The molecule has 18 heavy (non-hydrogen) atoms. The van der Waals surface area contributed by atoms with Gasteiger partial charge in [-0.15, -0.1) is 11.6 Å². The standard InChI is InChI=1S/C15H13Cl2F/c1-10-6-12(9-13(16)7-10)15(17)8-11-2-4-14(18)5-3-11/h2-7,9,15H,8H2,1H3. The second-order valence-electron chi connectivity index (χ2n) is 4.36. The summed E-state index contributed by atoms with van der Waals surface area (Å²) in [6.45, 7) is 1.98. The predicted molar refractivity (Wildman–Crippen MR) is 74.9 cm³/mol. The summed E-state index contributed by atoms with van der Waals surface area (Å²) in [5, 5.41) is 0.530. The van der Waals surface area contributed by atoms with Crippen LogP contribution in [0.3, 0.4) is 0 Å². The molecule has 0 aliphatic carbocycles. The molecule has 1 atom stereocenters. The van der Waals surface area contributed by atoms with Gasteiger partial charge in [-0.05, 0) is 54.3 Å². The van der Waals surface area contributed by atoms with Gasteiger partial charge >= 0.3 is 0 Å². The highest BCUT2D eigenvalue weighted by Crippen LogP contribution is 2.28. The van der Waals surface area contributed by atoms with E-state index >= 15 is 0 Å². The Bertz CT molecular complexity index is 514. The molecular formula is C15H13Cl2F. The Labute approximate surface area is 116 Å². The highest BCUT2D eigenvalue weighted by Gasteiger charge is 2.10. The van der Waals surface area contributed by atoms with Crippen LogP contribution >= 0.6 is 23.2 Å². The average molecular weight is 283 g/mol. The van der Waals surface area contributed by atoms with Crippen LogP contribution in [0.25, 0.3) is 0 Å². The number of alkyl halides is 1. The fourth-order valence-electron chi connectivity index (χ4n) is 1.89. The minimum atomic E-state index is -0.233. The highest BCUT2D eigenvalue weighted by atomic mass is 35.5. The van der Waals surface area contributed by atoms with Gasteiger partial charge in [0.1, 0.15) is 5.82 Å². The van der Waals surface area contributed by atoms with Crippen LogP contribution in [-0.4, -0.2) is 0 Å². The number of aryl methyl sites for hydroxylation is 1. The molecule has 2 rings (SSSR count). The maximum Gasteiger partial charge on any atom is 0.123 e. The molecule has 0 aliphatic rings. The topological polar surface area (TPSA) is 0 Å². The summed E-state index contributed by atoms with van der Waals surface area (Å²) in [7, 11) is 0. The maximum absolute atomic E-state index is 12.8. The van der Waals surface area contributed by atoms with Gasteiger partial charge in [0, 0.05) is 5.02 Å². The summed E-state index contributed by atoms with van der Waals surface area (Å²) in [4.78, 5) is 0. The number of halogens is 3. The van der Waals surface area contributed by atoms with Crippen molar-refractivity contribution in [1.29, 1.82) is 0 Å². The first kappa shape index (κ1) is 13.4. The monoisotopic (exact) mass is 282 g/mol. The van der Waals surface area contributed by atoms with Crippen molar-refractivity contribution in [2.75, 3.05) is 0 Å². The number of hydrogen-bond donors (Lipinski definition) is 0. The fourth-order valence-corrected chi connectivity index (χ4v) is 2.49. The zero-order valence-electron chi connectivity index (χ0n) is 9.96. The normalized spacial score (nSPS) is 12.4. The Hall–Kier alpha value is -1.05. The van der Waals surface area contributed by atoms with E-state index in [-0.39, 0.29) is 11.2 Å². The molecule has 94 valence electrons. The summed E-state index contributed by atoms with van der Waals surface area (Å²) < 4.78 is 12.8. The van der Waals surface area contributed by atoms with Gasteiger partial charge < -0.3 is 0 Å². The van der Waals surface area contributed by atoms with E-state index in [2.05, 4.69) is 0 Å². The molecule has 0 saturated heterocycles. The molecule has 0 saturated carbocycles. The lowest BCUT2D eigenvalue weighted by Gasteiger charge is -2.11. The summed E-state index contributed by atoms with van der Waals surface area (Å²) in [5.41, 5.74) is 3.09. The van der Waals surface area contributed by atoms with Crippen LogP contribution in [0, 0.1) is 12.7 Å². The molecule has 2 aromatic rings. The van der Waals surface area contributed by atoms with E-state index in [1.54, 1.807) is 12.1 Å². The SMILES string of the molecule is Cc1cc(Cl)cc(C(Cl)Cc2ccc(F)cc2)c1. The Morgan fingerprint density at radius 2 is 1.78 bits per heavy atom. The average Bonchev–Trinajstić information content (AvgIpc) is 2.31. The van der Waals surface area contributed by atoms with Crippen molar-refractivity contribution >= 4 is 23.2 Å². The molecule has 0 aromatic heterocycles. The van der Waals surface area contributed by atoms with Gasteiger partial charge in [-0.1, -0.05) is 29.8 Å². The second-order valence-corrected chi connectivity index (χ2v) is 5.32. The van der Waals surface area contributed by atoms with Crippen molar-refractivity contribution in [2.24, 2.45) is 0 Å². The smallest absolute Gasteiger partial charge is 0.123 e. The molecular weight excluding hydrogens is 270 g/mol. The van der Waals surface area contributed by atoms with Crippen LogP contribution in [0.4, 0.5) is 4.39 Å². The van der Waals surface area contributed by atoms with Gasteiger partial charge in [0.15, 0.2) is 0 Å². The van der Waals surface area contributed by atoms with E-state index in [0.29, 0.717) is 11.4 Å². The summed E-state index contributed by atoms with van der Waals surface area (Å²) in [6, 6.07) is 12.2. The van der Waals surface area contributed by atoms with Crippen LogP contribution in [0.1, 0.15) is 22.1 Å². The van der Waals surface area contributed by atoms with Crippen molar-refractivity contribution in [3.05, 3.63) is 70.0 Å². The molecule has 0 heterocycles. The Kier molecular flexibility index (Phi) is 4.26. The van der Waals surface area contributed by atoms with Gasteiger partial charge in [0.2, 0.25) is 0 Å². The van der Waals surface area contributed by atoms with Crippen LogP contribution in [0.15, 0.2) is 42.5 Å². The third-order valence-corrected chi connectivity index (χ3v) is 3.38. The Morgan fingerprint density at radius 3 is 2.39 bits per heavy atom. The van der Waals surface area contributed by atoms with Crippen molar-refractivity contribution in [3.8, 4) is 0 Å². The summed E-state index contributed by atoms with van der Waals surface area (Å²) >= 11 is 12.4. The fraction of sp³-hybridized carbons (Fsp3) is 0.200. The maximum atomic E-state index is 12.8. The Balaban J connectivity index is 2.16. The van der Waals surface area contributed by atoms with Gasteiger partial charge in [0.25, 0.3) is 0 Å². The molecule has 0 N–H and O–H groups in total.